The van der Waals surface area contributed by atoms with Crippen molar-refractivity contribution in [2.45, 2.75) is 33.0 Å². The summed E-state index contributed by atoms with van der Waals surface area (Å²) in [6.07, 6.45) is 0.272. The van der Waals surface area contributed by atoms with Crippen molar-refractivity contribution >= 4 is 29.9 Å². The van der Waals surface area contributed by atoms with Gasteiger partial charge in [0, 0.05) is 38.3 Å². The largest absolute Gasteiger partial charge is 0.352 e. The Balaban J connectivity index is 0.00000210. The standard InChI is InChI=1S/C21H23N3O2.ClH/c1-14-2-6-19(7-3-14)24-13-18(9-20(24)25)21(26)23-10-15-4-5-16-11-22-12-17(16)8-15;/h2-8,18,22H,9-13H2,1H3,(H,23,26);1H. The minimum absolute atomic E-state index is 0. The number of nitrogens with zero attached hydrogens (tertiary/aromatic N) is 1. The predicted octanol–water partition coefficient (Wildman–Crippen LogP) is 2.69. The molecule has 142 valence electrons. The van der Waals surface area contributed by atoms with Crippen LogP contribution in [-0.2, 0) is 29.2 Å². The molecule has 1 saturated heterocycles. The summed E-state index contributed by atoms with van der Waals surface area (Å²) in [5.74, 6) is -0.330. The highest BCUT2D eigenvalue weighted by Crippen LogP contribution is 2.25. The smallest absolute Gasteiger partial charge is 0.227 e. The lowest BCUT2D eigenvalue weighted by Crippen LogP contribution is -2.32. The van der Waals surface area contributed by atoms with Gasteiger partial charge in [0.1, 0.15) is 0 Å². The SMILES string of the molecule is Cc1ccc(N2CC(C(=O)NCc3ccc4c(c3)CNC4)CC2=O)cc1.Cl. The molecule has 1 fully saturated rings. The topological polar surface area (TPSA) is 61.4 Å². The summed E-state index contributed by atoms with van der Waals surface area (Å²) in [5.41, 5.74) is 5.75. The zero-order valence-corrected chi connectivity index (χ0v) is 16.1. The Kier molecular flexibility index (Phi) is 5.82. The van der Waals surface area contributed by atoms with Crippen LogP contribution in [0.15, 0.2) is 42.5 Å². The Labute approximate surface area is 165 Å². The quantitative estimate of drug-likeness (QED) is 0.850. The zero-order chi connectivity index (χ0) is 18.1. The van der Waals surface area contributed by atoms with E-state index >= 15 is 0 Å². The van der Waals surface area contributed by atoms with Gasteiger partial charge in [-0.2, -0.15) is 0 Å². The van der Waals surface area contributed by atoms with Gasteiger partial charge in [0.15, 0.2) is 0 Å². The lowest BCUT2D eigenvalue weighted by molar-refractivity contribution is -0.126. The summed E-state index contributed by atoms with van der Waals surface area (Å²) in [6.45, 7) is 4.77. The third-order valence-corrected chi connectivity index (χ3v) is 5.21. The summed E-state index contributed by atoms with van der Waals surface area (Å²) in [5, 5.41) is 6.32. The second-order valence-corrected chi connectivity index (χ2v) is 7.17. The fourth-order valence-electron chi connectivity index (χ4n) is 3.65. The molecule has 2 aromatic rings. The Morgan fingerprint density at radius 1 is 1.15 bits per heavy atom. The van der Waals surface area contributed by atoms with Crippen molar-refractivity contribution in [3.05, 3.63) is 64.7 Å². The molecule has 0 aromatic heterocycles. The van der Waals surface area contributed by atoms with E-state index in [0.29, 0.717) is 13.1 Å². The van der Waals surface area contributed by atoms with Crippen LogP contribution in [0.3, 0.4) is 0 Å². The first-order valence-corrected chi connectivity index (χ1v) is 9.06. The van der Waals surface area contributed by atoms with Gasteiger partial charge in [0.2, 0.25) is 11.8 Å². The summed E-state index contributed by atoms with van der Waals surface area (Å²) < 4.78 is 0. The molecule has 2 N–H and O–H groups in total. The molecule has 1 atom stereocenters. The maximum atomic E-state index is 12.5. The van der Waals surface area contributed by atoms with Gasteiger partial charge in [-0.05, 0) is 35.7 Å². The van der Waals surface area contributed by atoms with Crippen molar-refractivity contribution < 1.29 is 9.59 Å². The molecule has 0 saturated carbocycles. The van der Waals surface area contributed by atoms with Crippen LogP contribution in [0.25, 0.3) is 0 Å². The van der Waals surface area contributed by atoms with E-state index in [4.69, 9.17) is 0 Å². The highest BCUT2D eigenvalue weighted by atomic mass is 35.5. The van der Waals surface area contributed by atoms with Crippen molar-refractivity contribution in [1.29, 1.82) is 0 Å². The summed E-state index contributed by atoms with van der Waals surface area (Å²) in [6, 6.07) is 14.2. The highest BCUT2D eigenvalue weighted by Gasteiger charge is 2.34. The Hall–Kier alpha value is -2.37. The first-order chi connectivity index (χ1) is 12.6. The number of hydrogen-bond donors (Lipinski definition) is 2. The van der Waals surface area contributed by atoms with Crippen molar-refractivity contribution in [2.75, 3.05) is 11.4 Å². The van der Waals surface area contributed by atoms with Crippen molar-refractivity contribution in [2.24, 2.45) is 5.92 Å². The van der Waals surface area contributed by atoms with Gasteiger partial charge in [0.25, 0.3) is 0 Å². The molecule has 1 unspecified atom stereocenters. The van der Waals surface area contributed by atoms with Crippen LogP contribution in [0.5, 0.6) is 0 Å². The predicted molar refractivity (Wildman–Crippen MR) is 108 cm³/mol. The Morgan fingerprint density at radius 3 is 2.67 bits per heavy atom. The fourth-order valence-corrected chi connectivity index (χ4v) is 3.65. The molecule has 6 heteroatoms. The van der Waals surface area contributed by atoms with Crippen LogP contribution in [0.1, 0.15) is 28.7 Å². The van der Waals surface area contributed by atoms with Crippen molar-refractivity contribution in [3.63, 3.8) is 0 Å². The molecule has 2 aliphatic heterocycles. The molecule has 27 heavy (non-hydrogen) atoms. The third-order valence-electron chi connectivity index (χ3n) is 5.21. The number of carbonyl (C=O) groups is 2. The second kappa shape index (κ2) is 8.11. The third kappa shape index (κ3) is 4.15. The number of carbonyl (C=O) groups excluding carboxylic acids is 2. The van der Waals surface area contributed by atoms with Gasteiger partial charge in [-0.1, -0.05) is 35.9 Å². The number of rotatable bonds is 4. The number of benzene rings is 2. The van der Waals surface area contributed by atoms with Crippen LogP contribution in [0.4, 0.5) is 5.69 Å². The van der Waals surface area contributed by atoms with Gasteiger partial charge in [-0.25, -0.2) is 0 Å². The molecule has 2 aromatic carbocycles. The van der Waals surface area contributed by atoms with E-state index in [9.17, 15) is 9.59 Å². The minimum Gasteiger partial charge on any atom is -0.352 e. The van der Waals surface area contributed by atoms with E-state index in [-0.39, 0.29) is 36.6 Å². The lowest BCUT2D eigenvalue weighted by Gasteiger charge is -2.17. The van der Waals surface area contributed by atoms with Gasteiger partial charge in [0.05, 0.1) is 5.92 Å². The molecule has 0 spiro atoms. The molecular weight excluding hydrogens is 362 g/mol. The molecular formula is C21H24ClN3O2. The molecule has 2 amide bonds. The number of fused-ring (bicyclic) bond motifs is 1. The zero-order valence-electron chi connectivity index (χ0n) is 15.3. The average Bonchev–Trinajstić information content (AvgIpc) is 3.26. The minimum atomic E-state index is -0.292. The van der Waals surface area contributed by atoms with Crippen molar-refractivity contribution in [1.82, 2.24) is 10.6 Å². The van der Waals surface area contributed by atoms with Gasteiger partial charge < -0.3 is 15.5 Å². The van der Waals surface area contributed by atoms with Crippen LogP contribution >= 0.6 is 12.4 Å². The summed E-state index contributed by atoms with van der Waals surface area (Å²) in [7, 11) is 0. The van der Waals surface area contributed by atoms with Gasteiger partial charge in [-0.15, -0.1) is 12.4 Å². The normalized spacial score (nSPS) is 18.2. The molecule has 2 aliphatic rings. The van der Waals surface area contributed by atoms with Crippen LogP contribution in [0, 0.1) is 12.8 Å². The monoisotopic (exact) mass is 385 g/mol. The number of nitrogens with one attached hydrogen (secondary N) is 2. The fraction of sp³-hybridized carbons (Fsp3) is 0.333. The lowest BCUT2D eigenvalue weighted by atomic mass is 10.1. The molecule has 0 radical (unpaired) electrons. The van der Waals surface area contributed by atoms with E-state index in [1.807, 2.05) is 31.2 Å². The molecule has 2 heterocycles. The molecule has 0 aliphatic carbocycles. The number of anilines is 1. The van der Waals surface area contributed by atoms with Crippen LogP contribution in [-0.4, -0.2) is 18.4 Å². The van der Waals surface area contributed by atoms with Crippen molar-refractivity contribution in [3.8, 4) is 0 Å². The Morgan fingerprint density at radius 2 is 1.89 bits per heavy atom. The second-order valence-electron chi connectivity index (χ2n) is 7.17. The first kappa shape index (κ1) is 19.4. The van der Waals surface area contributed by atoms with E-state index in [1.54, 1.807) is 4.90 Å². The number of halogens is 1. The van der Waals surface area contributed by atoms with E-state index in [2.05, 4.69) is 28.8 Å². The van der Waals surface area contributed by atoms with Gasteiger partial charge >= 0.3 is 0 Å². The number of aryl methyl sites for hydroxylation is 1. The highest BCUT2D eigenvalue weighted by molar-refractivity contribution is 6.00. The molecule has 5 nitrogen and oxygen atoms in total. The van der Waals surface area contributed by atoms with Crippen LogP contribution < -0.4 is 15.5 Å². The maximum absolute atomic E-state index is 12.5. The summed E-state index contributed by atoms with van der Waals surface area (Å²) >= 11 is 0. The molecule has 4 rings (SSSR count). The van der Waals surface area contributed by atoms with Crippen LogP contribution in [0.2, 0.25) is 0 Å². The first-order valence-electron chi connectivity index (χ1n) is 9.06. The molecule has 0 bridgehead atoms. The number of hydrogen-bond acceptors (Lipinski definition) is 3. The van der Waals surface area contributed by atoms with E-state index in [1.165, 1.54) is 11.1 Å². The van der Waals surface area contributed by atoms with E-state index in [0.717, 1.165) is 29.9 Å². The summed E-state index contributed by atoms with van der Waals surface area (Å²) in [4.78, 5) is 26.6. The maximum Gasteiger partial charge on any atom is 0.227 e. The van der Waals surface area contributed by atoms with E-state index < -0.39 is 0 Å². The average molecular weight is 386 g/mol. The number of amides is 2. The van der Waals surface area contributed by atoms with Gasteiger partial charge in [-0.3, -0.25) is 9.59 Å². The Bertz CT molecular complexity index is 851.